The summed E-state index contributed by atoms with van der Waals surface area (Å²) in [4.78, 5) is 12.4. The summed E-state index contributed by atoms with van der Waals surface area (Å²) in [6.45, 7) is 1.46. The fraction of sp³-hybridized carbons (Fsp3) is 0.136. The lowest BCUT2D eigenvalue weighted by molar-refractivity contribution is 0.576. The van der Waals surface area contributed by atoms with Crippen molar-refractivity contribution in [1.82, 2.24) is 25.0 Å². The molecule has 7 nitrogen and oxygen atoms in total. The van der Waals surface area contributed by atoms with E-state index in [1.54, 1.807) is 30.6 Å². The van der Waals surface area contributed by atoms with E-state index in [9.17, 15) is 8.42 Å². The Morgan fingerprint density at radius 1 is 0.867 bits per heavy atom. The monoisotopic (exact) mass is 419 g/mol. The Balaban J connectivity index is 1.27. The van der Waals surface area contributed by atoms with Gasteiger partial charge in [0.1, 0.15) is 6.33 Å². The van der Waals surface area contributed by atoms with Crippen LogP contribution in [0.3, 0.4) is 0 Å². The lowest BCUT2D eigenvalue weighted by Gasteiger charge is -2.09. The van der Waals surface area contributed by atoms with Crippen LogP contribution in [0.5, 0.6) is 0 Å². The fourth-order valence-corrected chi connectivity index (χ4v) is 4.11. The molecule has 0 unspecified atom stereocenters. The molecule has 0 spiro atoms. The average Bonchev–Trinajstić information content (AvgIpc) is 2.79. The molecular weight excluding hydrogens is 398 g/mol. The van der Waals surface area contributed by atoms with E-state index in [0.717, 1.165) is 22.1 Å². The Labute approximate surface area is 175 Å². The minimum atomic E-state index is -3.59. The first-order valence-corrected chi connectivity index (χ1v) is 11.0. The molecule has 0 bridgehead atoms. The van der Waals surface area contributed by atoms with Gasteiger partial charge in [-0.3, -0.25) is 4.98 Å². The quantitative estimate of drug-likeness (QED) is 0.426. The summed E-state index contributed by atoms with van der Waals surface area (Å²) in [5.41, 5.74) is 3.91. The number of pyridine rings is 1. The smallest absolute Gasteiger partial charge is 0.240 e. The highest BCUT2D eigenvalue weighted by Gasteiger charge is 2.14. The maximum absolute atomic E-state index is 12.5. The van der Waals surface area contributed by atoms with Gasteiger partial charge in [-0.15, -0.1) is 0 Å². The van der Waals surface area contributed by atoms with Gasteiger partial charge in [0, 0.05) is 43.6 Å². The topological polar surface area (TPSA) is 96.9 Å². The SMILES string of the molecule is O=S(=O)(NCCNCc1ccc(-c2cccnc2)cc1)c1ccc2cncnc2c1. The highest BCUT2D eigenvalue weighted by Crippen LogP contribution is 2.18. The number of hydrogen-bond acceptors (Lipinski definition) is 6. The predicted molar refractivity (Wildman–Crippen MR) is 116 cm³/mol. The van der Waals surface area contributed by atoms with E-state index in [4.69, 9.17) is 0 Å². The van der Waals surface area contributed by atoms with Crippen molar-refractivity contribution in [2.24, 2.45) is 0 Å². The molecular formula is C22H21N5O2S. The number of nitrogens with one attached hydrogen (secondary N) is 2. The zero-order valence-electron chi connectivity index (χ0n) is 16.2. The number of fused-ring (bicyclic) bond motifs is 1. The van der Waals surface area contributed by atoms with E-state index < -0.39 is 10.0 Å². The second-order valence-electron chi connectivity index (χ2n) is 6.76. The highest BCUT2D eigenvalue weighted by atomic mass is 32.2. The molecule has 2 aromatic carbocycles. The molecule has 0 saturated heterocycles. The lowest BCUT2D eigenvalue weighted by Crippen LogP contribution is -2.31. The zero-order chi connectivity index (χ0) is 20.8. The number of nitrogens with zero attached hydrogens (tertiary/aromatic N) is 3. The maximum atomic E-state index is 12.5. The first kappa shape index (κ1) is 20.1. The number of rotatable bonds is 8. The van der Waals surface area contributed by atoms with E-state index in [-0.39, 0.29) is 11.4 Å². The van der Waals surface area contributed by atoms with Crippen molar-refractivity contribution in [3.63, 3.8) is 0 Å². The normalized spacial score (nSPS) is 11.6. The summed E-state index contributed by atoms with van der Waals surface area (Å²) in [5, 5.41) is 4.05. The van der Waals surface area contributed by atoms with Crippen molar-refractivity contribution in [2.45, 2.75) is 11.4 Å². The fourth-order valence-electron chi connectivity index (χ4n) is 3.06. The molecule has 4 rings (SSSR count). The van der Waals surface area contributed by atoms with Crippen LogP contribution in [0.15, 0.2) is 84.4 Å². The second kappa shape index (κ2) is 9.08. The molecule has 0 radical (unpaired) electrons. The number of benzene rings is 2. The maximum Gasteiger partial charge on any atom is 0.240 e. The van der Waals surface area contributed by atoms with E-state index in [1.165, 1.54) is 6.33 Å². The van der Waals surface area contributed by atoms with Crippen LogP contribution < -0.4 is 10.0 Å². The van der Waals surface area contributed by atoms with E-state index in [1.807, 2.05) is 18.3 Å². The van der Waals surface area contributed by atoms with Gasteiger partial charge in [0.05, 0.1) is 10.4 Å². The largest absolute Gasteiger partial charge is 0.311 e. The molecule has 2 aromatic heterocycles. The summed E-state index contributed by atoms with van der Waals surface area (Å²) in [6.07, 6.45) is 6.64. The van der Waals surface area contributed by atoms with Gasteiger partial charge in [0.2, 0.25) is 10.0 Å². The van der Waals surface area contributed by atoms with Gasteiger partial charge in [0.15, 0.2) is 0 Å². The third kappa shape index (κ3) is 4.85. The lowest BCUT2D eigenvalue weighted by atomic mass is 10.1. The van der Waals surface area contributed by atoms with Crippen molar-refractivity contribution < 1.29 is 8.42 Å². The molecule has 0 aliphatic rings. The Hall–Kier alpha value is -3.20. The molecule has 0 aliphatic carbocycles. The standard InChI is InChI=1S/C22H21N5O2S/c28-30(29,21-8-7-20-15-25-16-26-22(20)12-21)27-11-10-24-13-17-3-5-18(6-4-17)19-2-1-9-23-14-19/h1-9,12,14-16,24,27H,10-11,13H2. The van der Waals surface area contributed by atoms with E-state index in [2.05, 4.69) is 49.3 Å². The van der Waals surface area contributed by atoms with Gasteiger partial charge >= 0.3 is 0 Å². The van der Waals surface area contributed by atoms with Crippen LogP contribution >= 0.6 is 0 Å². The Kier molecular flexibility index (Phi) is 6.08. The van der Waals surface area contributed by atoms with Crippen molar-refractivity contribution in [1.29, 1.82) is 0 Å². The van der Waals surface area contributed by atoms with Gasteiger partial charge in [0.25, 0.3) is 0 Å². The van der Waals surface area contributed by atoms with Crippen molar-refractivity contribution >= 4 is 20.9 Å². The first-order valence-electron chi connectivity index (χ1n) is 9.51. The van der Waals surface area contributed by atoms with Gasteiger partial charge in [-0.1, -0.05) is 30.3 Å². The minimum Gasteiger partial charge on any atom is -0.311 e. The molecule has 2 heterocycles. The van der Waals surface area contributed by atoms with Crippen LogP contribution in [-0.4, -0.2) is 36.5 Å². The zero-order valence-corrected chi connectivity index (χ0v) is 17.0. The summed E-state index contributed by atoms with van der Waals surface area (Å²) >= 11 is 0. The summed E-state index contributed by atoms with van der Waals surface area (Å²) in [6, 6.07) is 17.0. The van der Waals surface area contributed by atoms with E-state index in [0.29, 0.717) is 18.6 Å². The molecule has 0 fully saturated rings. The predicted octanol–water partition coefficient (Wildman–Crippen LogP) is 2.76. The Morgan fingerprint density at radius 2 is 1.73 bits per heavy atom. The molecule has 2 N–H and O–H groups in total. The highest BCUT2D eigenvalue weighted by molar-refractivity contribution is 7.89. The molecule has 152 valence electrons. The van der Waals surface area contributed by atoms with Crippen LogP contribution in [0, 0.1) is 0 Å². The molecule has 0 atom stereocenters. The van der Waals surface area contributed by atoms with Crippen LogP contribution in [0.25, 0.3) is 22.0 Å². The van der Waals surface area contributed by atoms with E-state index >= 15 is 0 Å². The molecule has 0 aliphatic heterocycles. The van der Waals surface area contributed by atoms with Gasteiger partial charge < -0.3 is 5.32 Å². The van der Waals surface area contributed by atoms with Gasteiger partial charge in [-0.25, -0.2) is 23.1 Å². The summed E-state index contributed by atoms with van der Waals surface area (Å²) in [5.74, 6) is 0. The number of aromatic nitrogens is 3. The number of hydrogen-bond donors (Lipinski definition) is 2. The van der Waals surface area contributed by atoms with Crippen molar-refractivity contribution in [3.05, 3.63) is 85.1 Å². The third-order valence-electron chi connectivity index (χ3n) is 4.66. The summed E-state index contributed by atoms with van der Waals surface area (Å²) < 4.78 is 27.6. The Morgan fingerprint density at radius 3 is 2.53 bits per heavy atom. The van der Waals surface area contributed by atoms with Crippen molar-refractivity contribution in [2.75, 3.05) is 13.1 Å². The third-order valence-corrected chi connectivity index (χ3v) is 6.12. The van der Waals surface area contributed by atoms with Crippen LogP contribution in [0.2, 0.25) is 0 Å². The average molecular weight is 420 g/mol. The second-order valence-corrected chi connectivity index (χ2v) is 8.52. The summed E-state index contributed by atoms with van der Waals surface area (Å²) in [7, 11) is -3.59. The van der Waals surface area contributed by atoms with Crippen LogP contribution in [0.1, 0.15) is 5.56 Å². The van der Waals surface area contributed by atoms with Gasteiger partial charge in [-0.05, 0) is 41.0 Å². The molecule has 4 aromatic rings. The molecule has 0 amide bonds. The molecule has 30 heavy (non-hydrogen) atoms. The first-order chi connectivity index (χ1) is 14.6. The molecule has 8 heteroatoms. The van der Waals surface area contributed by atoms with Crippen molar-refractivity contribution in [3.8, 4) is 11.1 Å². The number of sulfonamides is 1. The van der Waals surface area contributed by atoms with Crippen LogP contribution in [-0.2, 0) is 16.6 Å². The van der Waals surface area contributed by atoms with Crippen LogP contribution in [0.4, 0.5) is 0 Å². The Bertz CT molecular complexity index is 1230. The molecule has 0 saturated carbocycles. The van der Waals surface area contributed by atoms with Gasteiger partial charge in [-0.2, -0.15) is 0 Å². The minimum absolute atomic E-state index is 0.194.